The minimum absolute atomic E-state index is 0.392. The van der Waals surface area contributed by atoms with Gasteiger partial charge in [0.1, 0.15) is 6.54 Å². The number of hydrogen-bond donors (Lipinski definition) is 3. The number of anilines is 1. The van der Waals surface area contributed by atoms with Crippen LogP contribution < -0.4 is 10.6 Å². The molecule has 1 atom stereocenters. The van der Waals surface area contributed by atoms with E-state index in [1.54, 1.807) is 0 Å². The van der Waals surface area contributed by atoms with Crippen LogP contribution in [0.5, 0.6) is 0 Å². The van der Waals surface area contributed by atoms with Crippen LogP contribution in [-0.2, 0) is 4.79 Å². The molecule has 1 aromatic carbocycles. The summed E-state index contributed by atoms with van der Waals surface area (Å²) < 4.78 is 0. The molecule has 5 heteroatoms. The molecular formula is C13H18N2O3. The molecule has 1 rings (SSSR count). The molecule has 0 fully saturated rings. The molecule has 0 saturated carbocycles. The molecule has 0 aliphatic carbocycles. The highest BCUT2D eigenvalue weighted by atomic mass is 16.4. The fourth-order valence-electron chi connectivity index (χ4n) is 1.46. The smallest absolute Gasteiger partial charge is 0.323 e. The second-order valence-electron chi connectivity index (χ2n) is 4.13. The van der Waals surface area contributed by atoms with Crippen LogP contribution in [0.3, 0.4) is 0 Å². The Balaban J connectivity index is 2.53. The molecule has 1 aromatic rings. The third-order valence-electron chi connectivity index (χ3n) is 2.75. The quantitative estimate of drug-likeness (QED) is 0.750. The number of carboxylic acids is 1. The Labute approximate surface area is 106 Å². The first kappa shape index (κ1) is 14.0. The topological polar surface area (TPSA) is 78.4 Å². The molecule has 18 heavy (non-hydrogen) atoms. The van der Waals surface area contributed by atoms with E-state index in [1.807, 2.05) is 24.3 Å². The number of rotatable bonds is 5. The van der Waals surface area contributed by atoms with Gasteiger partial charge in [0, 0.05) is 5.69 Å². The largest absolute Gasteiger partial charge is 0.480 e. The van der Waals surface area contributed by atoms with Crippen molar-refractivity contribution in [1.82, 2.24) is 5.32 Å². The first-order valence-electron chi connectivity index (χ1n) is 5.89. The number of nitrogens with one attached hydrogen (secondary N) is 2. The van der Waals surface area contributed by atoms with Gasteiger partial charge in [-0.25, -0.2) is 4.79 Å². The van der Waals surface area contributed by atoms with Gasteiger partial charge in [-0.2, -0.15) is 0 Å². The first-order valence-corrected chi connectivity index (χ1v) is 5.89. The molecule has 5 nitrogen and oxygen atoms in total. The monoisotopic (exact) mass is 250 g/mol. The van der Waals surface area contributed by atoms with E-state index in [4.69, 9.17) is 5.11 Å². The molecule has 98 valence electrons. The molecular weight excluding hydrogens is 232 g/mol. The van der Waals surface area contributed by atoms with Crippen molar-refractivity contribution < 1.29 is 14.7 Å². The highest BCUT2D eigenvalue weighted by Gasteiger charge is 2.05. The predicted octanol–water partition coefficient (Wildman–Crippen LogP) is 2.41. The van der Waals surface area contributed by atoms with E-state index >= 15 is 0 Å². The van der Waals surface area contributed by atoms with Crippen molar-refractivity contribution in [2.24, 2.45) is 0 Å². The summed E-state index contributed by atoms with van der Waals surface area (Å²) in [6, 6.07) is 7.01. The lowest BCUT2D eigenvalue weighted by atomic mass is 9.99. The lowest BCUT2D eigenvalue weighted by Gasteiger charge is -2.10. The Morgan fingerprint density at radius 2 is 1.89 bits per heavy atom. The van der Waals surface area contributed by atoms with E-state index in [0.29, 0.717) is 11.6 Å². The first-order chi connectivity index (χ1) is 8.52. The third-order valence-corrected chi connectivity index (χ3v) is 2.75. The van der Waals surface area contributed by atoms with Gasteiger partial charge in [-0.3, -0.25) is 4.79 Å². The zero-order valence-corrected chi connectivity index (χ0v) is 10.6. The molecule has 0 bridgehead atoms. The molecule has 0 aromatic heterocycles. The molecule has 2 amide bonds. The van der Waals surface area contributed by atoms with E-state index in [1.165, 1.54) is 5.56 Å². The SMILES string of the molecule is CCC(C)c1ccc(NC(=O)NCC(=O)O)cc1. The van der Waals surface area contributed by atoms with Gasteiger partial charge in [-0.05, 0) is 30.0 Å². The number of carbonyl (C=O) groups is 2. The average molecular weight is 250 g/mol. The maximum Gasteiger partial charge on any atom is 0.323 e. The van der Waals surface area contributed by atoms with Gasteiger partial charge in [0.15, 0.2) is 0 Å². The van der Waals surface area contributed by atoms with Gasteiger partial charge in [0.05, 0.1) is 0 Å². The standard InChI is InChI=1S/C13H18N2O3/c1-3-9(2)10-4-6-11(7-5-10)15-13(18)14-8-12(16)17/h4-7,9H,3,8H2,1-2H3,(H,16,17)(H2,14,15,18). The number of benzene rings is 1. The highest BCUT2D eigenvalue weighted by molar-refractivity contribution is 5.91. The average Bonchev–Trinajstić information content (AvgIpc) is 2.36. The van der Waals surface area contributed by atoms with Crippen molar-refractivity contribution in [3.63, 3.8) is 0 Å². The number of hydrogen-bond acceptors (Lipinski definition) is 2. The van der Waals surface area contributed by atoms with Crippen molar-refractivity contribution in [1.29, 1.82) is 0 Å². The maximum atomic E-state index is 11.3. The van der Waals surface area contributed by atoms with Crippen LogP contribution >= 0.6 is 0 Å². The second kappa shape index (κ2) is 6.64. The lowest BCUT2D eigenvalue weighted by molar-refractivity contribution is -0.135. The van der Waals surface area contributed by atoms with Crippen LogP contribution in [0.1, 0.15) is 31.7 Å². The minimum Gasteiger partial charge on any atom is -0.480 e. The summed E-state index contributed by atoms with van der Waals surface area (Å²) in [4.78, 5) is 21.6. The molecule has 0 radical (unpaired) electrons. The summed E-state index contributed by atoms with van der Waals surface area (Å²) in [5.41, 5.74) is 1.86. The zero-order valence-electron chi connectivity index (χ0n) is 10.6. The van der Waals surface area contributed by atoms with Crippen LogP contribution in [0.15, 0.2) is 24.3 Å². The molecule has 0 aliphatic rings. The van der Waals surface area contributed by atoms with Crippen molar-refractivity contribution in [3.05, 3.63) is 29.8 Å². The van der Waals surface area contributed by atoms with Crippen molar-refractivity contribution in [2.45, 2.75) is 26.2 Å². The molecule has 1 unspecified atom stereocenters. The van der Waals surface area contributed by atoms with Crippen LogP contribution in [0.25, 0.3) is 0 Å². The van der Waals surface area contributed by atoms with Crippen molar-refractivity contribution >= 4 is 17.7 Å². The van der Waals surface area contributed by atoms with Gasteiger partial charge in [-0.1, -0.05) is 26.0 Å². The van der Waals surface area contributed by atoms with Crippen LogP contribution in [-0.4, -0.2) is 23.7 Å². The van der Waals surface area contributed by atoms with E-state index in [2.05, 4.69) is 24.5 Å². The van der Waals surface area contributed by atoms with Gasteiger partial charge >= 0.3 is 12.0 Å². The Hall–Kier alpha value is -2.04. The summed E-state index contributed by atoms with van der Waals surface area (Å²) >= 11 is 0. The molecule has 0 aliphatic heterocycles. The van der Waals surface area contributed by atoms with Gasteiger partial charge < -0.3 is 15.7 Å². The molecule has 0 spiro atoms. The number of urea groups is 1. The number of amides is 2. The number of aliphatic carboxylic acids is 1. The Morgan fingerprint density at radius 1 is 1.28 bits per heavy atom. The Bertz CT molecular complexity index is 415. The summed E-state index contributed by atoms with van der Waals surface area (Å²) in [6.07, 6.45) is 1.06. The number of carboxylic acid groups (broad SMARTS) is 1. The van der Waals surface area contributed by atoms with Crippen molar-refractivity contribution in [3.8, 4) is 0 Å². The van der Waals surface area contributed by atoms with Gasteiger partial charge in [0.25, 0.3) is 0 Å². The van der Waals surface area contributed by atoms with E-state index < -0.39 is 18.5 Å². The summed E-state index contributed by atoms with van der Waals surface area (Å²) in [5.74, 6) is -0.586. The van der Waals surface area contributed by atoms with Gasteiger partial charge in [-0.15, -0.1) is 0 Å². The minimum atomic E-state index is -1.07. The zero-order chi connectivity index (χ0) is 13.5. The summed E-state index contributed by atoms with van der Waals surface area (Å²) in [5, 5.41) is 13.2. The summed E-state index contributed by atoms with van der Waals surface area (Å²) in [7, 11) is 0. The van der Waals surface area contributed by atoms with E-state index in [9.17, 15) is 9.59 Å². The number of carbonyl (C=O) groups excluding carboxylic acids is 1. The highest BCUT2D eigenvalue weighted by Crippen LogP contribution is 2.20. The molecule has 0 saturated heterocycles. The Kier molecular flexibility index (Phi) is 5.17. The molecule has 3 N–H and O–H groups in total. The fraction of sp³-hybridized carbons (Fsp3) is 0.385. The van der Waals surface area contributed by atoms with E-state index in [0.717, 1.165) is 6.42 Å². The second-order valence-corrected chi connectivity index (χ2v) is 4.13. The normalized spacial score (nSPS) is 11.7. The third kappa shape index (κ3) is 4.45. The van der Waals surface area contributed by atoms with Crippen LogP contribution in [0.4, 0.5) is 10.5 Å². The lowest BCUT2D eigenvalue weighted by Crippen LogP contribution is -2.33. The molecule has 0 heterocycles. The van der Waals surface area contributed by atoms with Crippen LogP contribution in [0.2, 0.25) is 0 Å². The predicted molar refractivity (Wildman–Crippen MR) is 69.8 cm³/mol. The van der Waals surface area contributed by atoms with Crippen LogP contribution in [0, 0.1) is 0 Å². The Morgan fingerprint density at radius 3 is 2.39 bits per heavy atom. The van der Waals surface area contributed by atoms with Gasteiger partial charge in [0.2, 0.25) is 0 Å². The van der Waals surface area contributed by atoms with Crippen molar-refractivity contribution in [2.75, 3.05) is 11.9 Å². The fourth-order valence-corrected chi connectivity index (χ4v) is 1.46. The van der Waals surface area contributed by atoms with E-state index in [-0.39, 0.29) is 0 Å². The maximum absolute atomic E-state index is 11.3. The summed E-state index contributed by atoms with van der Waals surface area (Å²) in [6.45, 7) is 3.87.